The first-order valence-electron chi connectivity index (χ1n) is 1.72. The van der Waals surface area contributed by atoms with E-state index in [0.717, 1.165) is 6.42 Å². The zero-order valence-corrected chi connectivity index (χ0v) is 6.03. The molecule has 0 fully saturated rings. The predicted octanol–water partition coefficient (Wildman–Crippen LogP) is 1.72. The largest absolute Gasteiger partial charge is 0.273 e. The molecule has 0 nitrogen and oxygen atoms in total. The van der Waals surface area contributed by atoms with Gasteiger partial charge in [-0.2, -0.15) is 6.08 Å². The normalized spacial score (nSPS) is 12.6. The van der Waals surface area contributed by atoms with Gasteiger partial charge in [-0.15, -0.1) is 18.8 Å². The summed E-state index contributed by atoms with van der Waals surface area (Å²) < 4.78 is 0. The van der Waals surface area contributed by atoms with Crippen LogP contribution >= 0.6 is 12.4 Å². The van der Waals surface area contributed by atoms with E-state index < -0.39 is 0 Å². The van der Waals surface area contributed by atoms with E-state index in [1.807, 2.05) is 12.2 Å². The molecule has 0 heterocycles. The fourth-order valence-electron chi connectivity index (χ4n) is 0.340. The van der Waals surface area contributed by atoms with E-state index in [4.69, 9.17) is 0 Å². The fourth-order valence-corrected chi connectivity index (χ4v) is 0.340. The van der Waals surface area contributed by atoms with Crippen molar-refractivity contribution in [3.05, 3.63) is 24.3 Å². The molecule has 0 aliphatic heterocycles. The number of halogens is 1. The topological polar surface area (TPSA) is 0 Å². The molecular formula is C5H6ClPd-. The first-order valence-corrected chi connectivity index (χ1v) is 1.72. The Morgan fingerprint density at radius 2 is 2.14 bits per heavy atom. The van der Waals surface area contributed by atoms with Crippen LogP contribution in [0.2, 0.25) is 0 Å². The van der Waals surface area contributed by atoms with Crippen LogP contribution in [0.25, 0.3) is 0 Å². The molecule has 1 aliphatic rings. The summed E-state index contributed by atoms with van der Waals surface area (Å²) in [5.41, 5.74) is 0. The Balaban J connectivity index is 0. The summed E-state index contributed by atoms with van der Waals surface area (Å²) in [6, 6.07) is 0. The zero-order valence-electron chi connectivity index (χ0n) is 3.66. The third-order valence-electron chi connectivity index (χ3n) is 0.586. The Hall–Kier alpha value is 0.432. The summed E-state index contributed by atoms with van der Waals surface area (Å²) in [5, 5.41) is 0. The zero-order chi connectivity index (χ0) is 3.54. The van der Waals surface area contributed by atoms with Crippen LogP contribution in [0, 0.1) is 6.08 Å². The van der Waals surface area contributed by atoms with Crippen LogP contribution in [0.15, 0.2) is 18.2 Å². The van der Waals surface area contributed by atoms with Crippen LogP contribution in [0.1, 0.15) is 6.42 Å². The van der Waals surface area contributed by atoms with Crippen molar-refractivity contribution >= 4 is 12.4 Å². The van der Waals surface area contributed by atoms with E-state index in [1.54, 1.807) is 0 Å². The third-order valence-corrected chi connectivity index (χ3v) is 0.586. The Bertz CT molecular complexity index is 66.1. The summed E-state index contributed by atoms with van der Waals surface area (Å²) in [6.45, 7) is 0. The molecule has 7 heavy (non-hydrogen) atoms. The molecule has 0 bridgehead atoms. The van der Waals surface area contributed by atoms with Gasteiger partial charge in [0.25, 0.3) is 0 Å². The van der Waals surface area contributed by atoms with Gasteiger partial charge in [-0.05, 0) is 0 Å². The van der Waals surface area contributed by atoms with Crippen molar-refractivity contribution in [3.8, 4) is 0 Å². The van der Waals surface area contributed by atoms with E-state index >= 15 is 0 Å². The monoisotopic (exact) mass is 207 g/mol. The van der Waals surface area contributed by atoms with Crippen LogP contribution in [0.5, 0.6) is 0 Å². The van der Waals surface area contributed by atoms with E-state index in [9.17, 15) is 0 Å². The first kappa shape index (κ1) is 10.4. The van der Waals surface area contributed by atoms with Crippen LogP contribution in [0.4, 0.5) is 0 Å². The molecule has 1 rings (SSSR count). The van der Waals surface area contributed by atoms with Gasteiger partial charge in [-0.1, -0.05) is 0 Å². The molecule has 2 heteroatoms. The van der Waals surface area contributed by atoms with Crippen molar-refractivity contribution in [1.82, 2.24) is 0 Å². The molecule has 0 amide bonds. The Morgan fingerprint density at radius 3 is 2.29 bits per heavy atom. The van der Waals surface area contributed by atoms with Gasteiger partial charge in [0.05, 0.1) is 0 Å². The van der Waals surface area contributed by atoms with E-state index in [0.29, 0.717) is 0 Å². The molecule has 0 aromatic carbocycles. The Labute approximate surface area is 63.7 Å². The quantitative estimate of drug-likeness (QED) is 0.420. The molecule has 0 saturated carbocycles. The first-order chi connectivity index (χ1) is 2.50. The van der Waals surface area contributed by atoms with Crippen molar-refractivity contribution in [2.45, 2.75) is 6.42 Å². The molecule has 0 radical (unpaired) electrons. The van der Waals surface area contributed by atoms with Crippen molar-refractivity contribution in [1.29, 1.82) is 0 Å². The number of hydrogen-bond acceptors (Lipinski definition) is 0. The van der Waals surface area contributed by atoms with Crippen molar-refractivity contribution in [3.63, 3.8) is 0 Å². The summed E-state index contributed by atoms with van der Waals surface area (Å²) in [5.74, 6) is 0. The minimum Gasteiger partial charge on any atom is -0.273 e. The van der Waals surface area contributed by atoms with Crippen LogP contribution in [0.3, 0.4) is 0 Å². The maximum atomic E-state index is 2.99. The molecular weight excluding hydrogens is 202 g/mol. The van der Waals surface area contributed by atoms with Gasteiger partial charge in [-0.3, -0.25) is 6.08 Å². The van der Waals surface area contributed by atoms with E-state index in [1.165, 1.54) is 0 Å². The summed E-state index contributed by atoms with van der Waals surface area (Å²) in [6.07, 6.45) is 10.0. The standard InChI is InChI=1S/C5H5.ClH.Pd/c1-2-4-5-3-1;;/h1-3H,4H2;1H;/q-1;;. The fraction of sp³-hybridized carbons (Fsp3) is 0.200. The maximum absolute atomic E-state index is 2.99. The van der Waals surface area contributed by atoms with Crippen LogP contribution in [-0.2, 0) is 20.4 Å². The molecule has 0 aromatic rings. The van der Waals surface area contributed by atoms with Gasteiger partial charge in [0.1, 0.15) is 0 Å². The molecule has 1 aliphatic carbocycles. The van der Waals surface area contributed by atoms with Gasteiger partial charge in [0, 0.05) is 20.4 Å². The minimum absolute atomic E-state index is 0. The number of hydrogen-bond donors (Lipinski definition) is 0. The molecule has 44 valence electrons. The van der Waals surface area contributed by atoms with E-state index in [2.05, 4.69) is 12.2 Å². The second kappa shape index (κ2) is 6.43. The number of allylic oxidation sites excluding steroid dienone is 4. The van der Waals surface area contributed by atoms with Crippen molar-refractivity contribution in [2.24, 2.45) is 0 Å². The van der Waals surface area contributed by atoms with Gasteiger partial charge >= 0.3 is 0 Å². The summed E-state index contributed by atoms with van der Waals surface area (Å²) >= 11 is 0. The molecule has 0 spiro atoms. The minimum atomic E-state index is 0. The predicted molar refractivity (Wildman–Crippen MR) is 28.8 cm³/mol. The average Bonchev–Trinajstić information content (AvgIpc) is 1.76. The Kier molecular flexibility index (Phi) is 9.58. The average molecular weight is 208 g/mol. The van der Waals surface area contributed by atoms with Gasteiger partial charge in [-0.25, -0.2) is 12.2 Å². The molecule has 0 saturated heterocycles. The van der Waals surface area contributed by atoms with Gasteiger partial charge in [0.2, 0.25) is 0 Å². The number of rotatable bonds is 0. The SMILES string of the molecule is Cl.[C-]1=CC=CC1.[Pd]. The van der Waals surface area contributed by atoms with Crippen LogP contribution < -0.4 is 0 Å². The van der Waals surface area contributed by atoms with Gasteiger partial charge < -0.3 is 0 Å². The van der Waals surface area contributed by atoms with Gasteiger partial charge in [0.15, 0.2) is 0 Å². The van der Waals surface area contributed by atoms with Crippen LogP contribution in [-0.4, -0.2) is 0 Å². The molecule has 0 N–H and O–H groups in total. The second-order valence-corrected chi connectivity index (χ2v) is 1.00. The van der Waals surface area contributed by atoms with Crippen molar-refractivity contribution in [2.75, 3.05) is 0 Å². The maximum Gasteiger partial charge on any atom is 0 e. The summed E-state index contributed by atoms with van der Waals surface area (Å²) in [4.78, 5) is 0. The molecule has 0 atom stereocenters. The van der Waals surface area contributed by atoms with Crippen molar-refractivity contribution < 1.29 is 20.4 Å². The molecule has 0 unspecified atom stereocenters. The molecule has 0 aromatic heterocycles. The second-order valence-electron chi connectivity index (χ2n) is 1.00. The summed E-state index contributed by atoms with van der Waals surface area (Å²) in [7, 11) is 0. The third kappa shape index (κ3) is 4.28. The smallest absolute Gasteiger partial charge is 0 e. The Morgan fingerprint density at radius 1 is 1.43 bits per heavy atom. The van der Waals surface area contributed by atoms with E-state index in [-0.39, 0.29) is 32.8 Å².